The van der Waals surface area contributed by atoms with Gasteiger partial charge < -0.3 is 10.0 Å². The van der Waals surface area contributed by atoms with Gasteiger partial charge in [-0.25, -0.2) is 0 Å². The van der Waals surface area contributed by atoms with E-state index in [2.05, 4.69) is 6.07 Å². The third-order valence-electron chi connectivity index (χ3n) is 3.01. The highest BCUT2D eigenvalue weighted by atomic mass is 32.2. The van der Waals surface area contributed by atoms with Crippen molar-refractivity contribution >= 4 is 23.6 Å². The number of hydrogen-bond donors (Lipinski definition) is 1. The summed E-state index contributed by atoms with van der Waals surface area (Å²) in [4.78, 5) is 25.3. The van der Waals surface area contributed by atoms with Gasteiger partial charge in [0.25, 0.3) is 0 Å². The summed E-state index contributed by atoms with van der Waals surface area (Å²) in [6, 6.07) is 6.15. The van der Waals surface area contributed by atoms with Gasteiger partial charge in [-0.15, -0.1) is 11.8 Å². The number of carboxylic acid groups (broad SMARTS) is 1. The smallest absolute Gasteiger partial charge is 0.305 e. The van der Waals surface area contributed by atoms with Crippen LogP contribution in [0.15, 0.2) is 23.1 Å². The van der Waals surface area contributed by atoms with Gasteiger partial charge in [0.1, 0.15) is 0 Å². The lowest BCUT2D eigenvalue weighted by Gasteiger charge is -2.20. The molecule has 1 aromatic rings. The first-order chi connectivity index (χ1) is 9.43. The molecule has 1 N–H and O–H groups in total. The van der Waals surface area contributed by atoms with Gasteiger partial charge in [0, 0.05) is 18.0 Å². The van der Waals surface area contributed by atoms with Crippen molar-refractivity contribution in [3.8, 4) is 0 Å². The summed E-state index contributed by atoms with van der Waals surface area (Å²) in [6.45, 7) is 6.75. The SMILES string of the molecule is CCN(CCC(=O)O)C(=O)CSc1ccc(C)cc1C. The molecule has 1 rings (SSSR count). The molecule has 1 amide bonds. The minimum absolute atomic E-state index is 0.00614. The van der Waals surface area contributed by atoms with Crippen LogP contribution >= 0.6 is 11.8 Å². The van der Waals surface area contributed by atoms with Gasteiger partial charge in [0.15, 0.2) is 0 Å². The topological polar surface area (TPSA) is 57.6 Å². The van der Waals surface area contributed by atoms with E-state index in [0.717, 1.165) is 10.5 Å². The molecule has 110 valence electrons. The Balaban J connectivity index is 2.54. The van der Waals surface area contributed by atoms with Crippen molar-refractivity contribution < 1.29 is 14.7 Å². The third kappa shape index (κ3) is 5.25. The zero-order chi connectivity index (χ0) is 15.1. The molecule has 0 bridgehead atoms. The number of nitrogens with zero attached hydrogens (tertiary/aromatic N) is 1. The second-order valence-electron chi connectivity index (χ2n) is 4.67. The number of carbonyl (C=O) groups is 2. The van der Waals surface area contributed by atoms with Crippen LogP contribution in [0, 0.1) is 13.8 Å². The molecule has 0 unspecified atom stereocenters. The van der Waals surface area contributed by atoms with Crippen LogP contribution < -0.4 is 0 Å². The van der Waals surface area contributed by atoms with Crippen molar-refractivity contribution in [1.82, 2.24) is 4.90 Å². The summed E-state index contributed by atoms with van der Waals surface area (Å²) in [7, 11) is 0. The molecule has 0 aliphatic heterocycles. The molecule has 4 nitrogen and oxygen atoms in total. The van der Waals surface area contributed by atoms with Crippen molar-refractivity contribution in [1.29, 1.82) is 0 Å². The molecule has 0 spiro atoms. The molecule has 0 aromatic heterocycles. The second-order valence-corrected chi connectivity index (χ2v) is 5.69. The molecule has 20 heavy (non-hydrogen) atoms. The Kier molecular flexibility index (Phi) is 6.58. The highest BCUT2D eigenvalue weighted by Crippen LogP contribution is 2.23. The molecule has 1 aromatic carbocycles. The lowest BCUT2D eigenvalue weighted by Crippen LogP contribution is -2.34. The lowest BCUT2D eigenvalue weighted by atomic mass is 10.2. The Bertz CT molecular complexity index is 488. The Hall–Kier alpha value is -1.49. The maximum atomic E-state index is 12.1. The van der Waals surface area contributed by atoms with Crippen molar-refractivity contribution in [2.24, 2.45) is 0 Å². The fourth-order valence-electron chi connectivity index (χ4n) is 1.88. The number of thioether (sulfide) groups is 1. The van der Waals surface area contributed by atoms with Gasteiger partial charge in [-0.1, -0.05) is 17.7 Å². The zero-order valence-electron chi connectivity index (χ0n) is 12.2. The van der Waals surface area contributed by atoms with E-state index < -0.39 is 5.97 Å². The molecule has 0 aliphatic rings. The Labute approximate surface area is 124 Å². The Morgan fingerprint density at radius 3 is 2.55 bits per heavy atom. The number of carboxylic acids is 1. The maximum Gasteiger partial charge on any atom is 0.305 e. The number of carbonyl (C=O) groups excluding carboxylic acids is 1. The van der Waals surface area contributed by atoms with Gasteiger partial charge >= 0.3 is 5.97 Å². The molecule has 0 saturated carbocycles. The molecular formula is C15H21NO3S. The van der Waals surface area contributed by atoms with Gasteiger partial charge in [0.05, 0.1) is 12.2 Å². The van der Waals surface area contributed by atoms with Crippen molar-refractivity contribution in [3.05, 3.63) is 29.3 Å². The zero-order valence-corrected chi connectivity index (χ0v) is 13.0. The van der Waals surface area contributed by atoms with Crippen molar-refractivity contribution in [3.63, 3.8) is 0 Å². The van der Waals surface area contributed by atoms with Crippen LogP contribution in [0.3, 0.4) is 0 Å². The number of aliphatic carboxylic acids is 1. The highest BCUT2D eigenvalue weighted by molar-refractivity contribution is 8.00. The molecule has 0 atom stereocenters. The van der Waals surface area contributed by atoms with Crippen LogP contribution in [-0.2, 0) is 9.59 Å². The van der Waals surface area contributed by atoms with Crippen LogP contribution in [0.1, 0.15) is 24.5 Å². The minimum atomic E-state index is -0.877. The van der Waals surface area contributed by atoms with E-state index in [-0.39, 0.29) is 18.9 Å². The minimum Gasteiger partial charge on any atom is -0.481 e. The first-order valence-electron chi connectivity index (χ1n) is 6.63. The molecule has 0 radical (unpaired) electrons. The van der Waals surface area contributed by atoms with Crippen LogP contribution in [-0.4, -0.2) is 40.7 Å². The van der Waals surface area contributed by atoms with Crippen molar-refractivity contribution in [2.45, 2.75) is 32.1 Å². The summed E-state index contributed by atoms with van der Waals surface area (Å²) in [6.07, 6.45) is -0.00614. The summed E-state index contributed by atoms with van der Waals surface area (Å²) >= 11 is 1.50. The number of aryl methyl sites for hydroxylation is 2. The van der Waals surface area contributed by atoms with Crippen molar-refractivity contribution in [2.75, 3.05) is 18.8 Å². The van der Waals surface area contributed by atoms with Crippen LogP contribution in [0.2, 0.25) is 0 Å². The standard InChI is InChI=1S/C15H21NO3S/c1-4-16(8-7-15(18)19)14(17)10-20-13-6-5-11(2)9-12(13)3/h5-6,9H,4,7-8,10H2,1-3H3,(H,18,19). The molecular weight excluding hydrogens is 274 g/mol. The molecule has 0 aliphatic carbocycles. The predicted molar refractivity (Wildman–Crippen MR) is 81.1 cm³/mol. The van der Waals surface area contributed by atoms with Gasteiger partial charge in [-0.3, -0.25) is 9.59 Å². The summed E-state index contributed by atoms with van der Waals surface area (Å²) in [5.41, 5.74) is 2.37. The normalized spacial score (nSPS) is 10.3. The molecule has 0 saturated heterocycles. The number of amides is 1. The van der Waals surface area contributed by atoms with E-state index in [4.69, 9.17) is 5.11 Å². The van der Waals surface area contributed by atoms with Crippen LogP contribution in [0.5, 0.6) is 0 Å². The van der Waals surface area contributed by atoms with Crippen LogP contribution in [0.25, 0.3) is 0 Å². The van der Waals surface area contributed by atoms with Gasteiger partial charge in [0.2, 0.25) is 5.91 Å². The highest BCUT2D eigenvalue weighted by Gasteiger charge is 2.13. The predicted octanol–water partition coefficient (Wildman–Crippen LogP) is 2.72. The van der Waals surface area contributed by atoms with E-state index in [0.29, 0.717) is 12.3 Å². The van der Waals surface area contributed by atoms with Crippen LogP contribution in [0.4, 0.5) is 0 Å². The Morgan fingerprint density at radius 2 is 2.00 bits per heavy atom. The summed E-state index contributed by atoms with van der Waals surface area (Å²) in [5, 5.41) is 8.67. The average molecular weight is 295 g/mol. The third-order valence-corrected chi connectivity index (χ3v) is 4.17. The average Bonchev–Trinajstić information content (AvgIpc) is 2.38. The largest absolute Gasteiger partial charge is 0.481 e. The van der Waals surface area contributed by atoms with Gasteiger partial charge in [-0.2, -0.15) is 0 Å². The van der Waals surface area contributed by atoms with E-state index in [1.54, 1.807) is 4.90 Å². The first-order valence-corrected chi connectivity index (χ1v) is 7.62. The van der Waals surface area contributed by atoms with E-state index in [9.17, 15) is 9.59 Å². The number of hydrogen-bond acceptors (Lipinski definition) is 3. The molecule has 0 fully saturated rings. The fraction of sp³-hybridized carbons (Fsp3) is 0.467. The summed E-state index contributed by atoms with van der Waals surface area (Å²) in [5.74, 6) is -0.547. The lowest BCUT2D eigenvalue weighted by molar-refractivity contribution is -0.138. The van der Waals surface area contributed by atoms with E-state index >= 15 is 0 Å². The number of benzene rings is 1. The summed E-state index contributed by atoms with van der Waals surface area (Å²) < 4.78 is 0. The van der Waals surface area contributed by atoms with Gasteiger partial charge in [-0.05, 0) is 32.4 Å². The molecule has 5 heteroatoms. The Morgan fingerprint density at radius 1 is 1.30 bits per heavy atom. The first kappa shape index (κ1) is 16.6. The van der Waals surface area contributed by atoms with E-state index in [1.165, 1.54) is 17.3 Å². The molecule has 0 heterocycles. The number of rotatable bonds is 7. The maximum absolute atomic E-state index is 12.1. The monoisotopic (exact) mass is 295 g/mol. The van der Waals surface area contributed by atoms with E-state index in [1.807, 2.05) is 32.9 Å². The quantitative estimate of drug-likeness (QED) is 0.786. The fourth-order valence-corrected chi connectivity index (χ4v) is 2.79. The second kappa shape index (κ2) is 7.94.